The summed E-state index contributed by atoms with van der Waals surface area (Å²) < 4.78 is 10.5. The highest BCUT2D eigenvalue weighted by molar-refractivity contribution is 7.11. The van der Waals surface area contributed by atoms with Crippen LogP contribution in [0.2, 0.25) is 0 Å². The van der Waals surface area contributed by atoms with Crippen LogP contribution in [0.5, 0.6) is 11.5 Å². The van der Waals surface area contributed by atoms with Crippen LogP contribution < -0.4 is 9.47 Å². The fraction of sp³-hybridized carbons (Fsp3) is 0.0741. The highest BCUT2D eigenvalue weighted by Crippen LogP contribution is 2.22. The van der Waals surface area contributed by atoms with E-state index in [1.807, 2.05) is 66.0 Å². The summed E-state index contributed by atoms with van der Waals surface area (Å²) in [4.78, 5) is 14.4. The Balaban J connectivity index is 1.78. The number of ketones is 1. The van der Waals surface area contributed by atoms with Crippen LogP contribution in [0, 0.1) is 0 Å². The third kappa shape index (κ3) is 5.25. The lowest BCUT2D eigenvalue weighted by atomic mass is 9.93. The fourth-order valence-electron chi connectivity index (χ4n) is 3.31. The van der Waals surface area contributed by atoms with Crippen molar-refractivity contribution in [2.75, 3.05) is 14.2 Å². The Hall–Kier alpha value is -4.03. The van der Waals surface area contributed by atoms with Crippen LogP contribution in [0.4, 0.5) is 0 Å². The Morgan fingerprint density at radius 3 is 1.94 bits per heavy atom. The van der Waals surface area contributed by atoms with Crippen LogP contribution in [0.15, 0.2) is 101 Å². The summed E-state index contributed by atoms with van der Waals surface area (Å²) in [6, 6.07) is 26.0. The highest BCUT2D eigenvalue weighted by atomic mass is 32.1. The molecule has 0 bridgehead atoms. The van der Waals surface area contributed by atoms with Gasteiger partial charge in [-0.1, -0.05) is 30.3 Å². The van der Waals surface area contributed by atoms with Gasteiger partial charge in [0.15, 0.2) is 5.78 Å². The molecule has 0 spiro atoms. The van der Waals surface area contributed by atoms with Crippen LogP contribution >= 0.6 is 11.3 Å². The zero-order valence-corrected chi connectivity index (χ0v) is 19.1. The number of benzene rings is 3. The number of hydrogen-bond donors (Lipinski definition) is 0. The second kappa shape index (κ2) is 10.5. The number of nitrogens with zero attached hydrogens (tertiary/aromatic N) is 2. The predicted octanol–water partition coefficient (Wildman–Crippen LogP) is 5.87. The van der Waals surface area contributed by atoms with E-state index in [0.717, 1.165) is 16.2 Å². The molecule has 0 radical (unpaired) electrons. The molecule has 0 unspecified atom stereocenters. The van der Waals surface area contributed by atoms with Gasteiger partial charge in [-0.2, -0.15) is 5.10 Å². The molecule has 0 atom stereocenters. The molecule has 0 aliphatic carbocycles. The minimum Gasteiger partial charge on any atom is -0.497 e. The van der Waals surface area contributed by atoms with Crippen molar-refractivity contribution >= 4 is 29.0 Å². The molecule has 0 aliphatic heterocycles. The van der Waals surface area contributed by atoms with E-state index >= 15 is 0 Å². The van der Waals surface area contributed by atoms with Crippen LogP contribution in [-0.2, 0) is 0 Å². The van der Waals surface area contributed by atoms with Gasteiger partial charge in [0, 0.05) is 27.1 Å². The molecule has 0 saturated carbocycles. The van der Waals surface area contributed by atoms with Gasteiger partial charge in [-0.25, -0.2) is 0 Å². The van der Waals surface area contributed by atoms with Crippen molar-refractivity contribution < 1.29 is 14.3 Å². The van der Waals surface area contributed by atoms with E-state index in [1.54, 1.807) is 56.0 Å². The Labute approximate surface area is 196 Å². The predicted molar refractivity (Wildman–Crippen MR) is 133 cm³/mol. The summed E-state index contributed by atoms with van der Waals surface area (Å²) in [6.45, 7) is 0. The standard InChI is InChI=1S/C27H22N2O3S/c1-31-21-13-9-19(10-14-21)26(29-28-18-23-6-5-17-33-23)24-7-3-4-8-25(24)27(30)20-11-15-22(32-2)16-12-20/h3-18H,1-2H3/b28-18-,29-26+. The van der Waals surface area contributed by atoms with Crippen molar-refractivity contribution in [3.63, 3.8) is 0 Å². The van der Waals surface area contributed by atoms with Crippen LogP contribution in [0.1, 0.15) is 31.9 Å². The molecule has 0 aliphatic rings. The zero-order chi connectivity index (χ0) is 23.0. The first-order valence-corrected chi connectivity index (χ1v) is 11.1. The van der Waals surface area contributed by atoms with Gasteiger partial charge >= 0.3 is 0 Å². The summed E-state index contributed by atoms with van der Waals surface area (Å²) in [7, 11) is 3.22. The minimum absolute atomic E-state index is 0.100. The Morgan fingerprint density at radius 2 is 1.36 bits per heavy atom. The molecule has 4 rings (SSSR count). The third-order valence-electron chi connectivity index (χ3n) is 5.03. The number of thiophene rings is 1. The maximum Gasteiger partial charge on any atom is 0.193 e. The van der Waals surface area contributed by atoms with E-state index in [2.05, 4.69) is 10.2 Å². The molecular weight excluding hydrogens is 432 g/mol. The van der Waals surface area contributed by atoms with Crippen molar-refractivity contribution in [1.29, 1.82) is 0 Å². The zero-order valence-electron chi connectivity index (χ0n) is 18.3. The van der Waals surface area contributed by atoms with E-state index in [-0.39, 0.29) is 5.78 Å². The van der Waals surface area contributed by atoms with Gasteiger partial charge in [-0.05, 0) is 60.0 Å². The van der Waals surface area contributed by atoms with Crippen LogP contribution in [0.25, 0.3) is 0 Å². The van der Waals surface area contributed by atoms with E-state index < -0.39 is 0 Å². The van der Waals surface area contributed by atoms with Gasteiger partial charge in [0.1, 0.15) is 17.2 Å². The lowest BCUT2D eigenvalue weighted by molar-refractivity contribution is 0.103. The lowest BCUT2D eigenvalue weighted by Crippen LogP contribution is -2.12. The van der Waals surface area contributed by atoms with Crippen molar-refractivity contribution in [1.82, 2.24) is 0 Å². The van der Waals surface area contributed by atoms with Gasteiger partial charge in [0.25, 0.3) is 0 Å². The molecule has 1 heterocycles. The largest absolute Gasteiger partial charge is 0.497 e. The molecule has 164 valence electrons. The lowest BCUT2D eigenvalue weighted by Gasteiger charge is -2.12. The average Bonchev–Trinajstić information content (AvgIpc) is 3.40. The van der Waals surface area contributed by atoms with Crippen molar-refractivity contribution in [3.8, 4) is 11.5 Å². The number of hydrogen-bond acceptors (Lipinski definition) is 6. The molecule has 0 fully saturated rings. The third-order valence-corrected chi connectivity index (χ3v) is 5.84. The molecule has 33 heavy (non-hydrogen) atoms. The number of carbonyl (C=O) groups is 1. The van der Waals surface area contributed by atoms with Gasteiger partial charge in [0.05, 0.1) is 20.4 Å². The van der Waals surface area contributed by atoms with E-state index in [0.29, 0.717) is 28.2 Å². The maximum absolute atomic E-state index is 13.4. The topological polar surface area (TPSA) is 60.2 Å². The van der Waals surface area contributed by atoms with E-state index in [4.69, 9.17) is 9.47 Å². The first-order valence-electron chi connectivity index (χ1n) is 10.3. The monoisotopic (exact) mass is 454 g/mol. The number of methoxy groups -OCH3 is 2. The second-order valence-corrected chi connectivity index (χ2v) is 8.02. The Kier molecular flexibility index (Phi) is 7.07. The van der Waals surface area contributed by atoms with Crippen molar-refractivity contribution in [3.05, 3.63) is 117 Å². The molecule has 5 nitrogen and oxygen atoms in total. The Bertz CT molecular complexity index is 1280. The molecule has 4 aromatic rings. The highest BCUT2D eigenvalue weighted by Gasteiger charge is 2.18. The molecule has 0 N–H and O–H groups in total. The molecule has 0 saturated heterocycles. The number of rotatable bonds is 8. The summed E-state index contributed by atoms with van der Waals surface area (Å²) in [6.07, 6.45) is 1.71. The van der Waals surface area contributed by atoms with Gasteiger partial charge in [0.2, 0.25) is 0 Å². The molecular formula is C27H22N2O3S. The number of carbonyl (C=O) groups excluding carboxylic acids is 1. The van der Waals surface area contributed by atoms with Gasteiger partial charge in [-0.3, -0.25) is 4.79 Å². The second-order valence-electron chi connectivity index (χ2n) is 7.04. The maximum atomic E-state index is 13.4. The van der Waals surface area contributed by atoms with Crippen molar-refractivity contribution in [2.45, 2.75) is 0 Å². The SMILES string of the molecule is COc1ccc(C(=O)c2ccccc2/C(=N/N=C\c2cccs2)c2ccc(OC)cc2)cc1. The van der Waals surface area contributed by atoms with Crippen LogP contribution in [-0.4, -0.2) is 31.9 Å². The summed E-state index contributed by atoms with van der Waals surface area (Å²) >= 11 is 1.58. The van der Waals surface area contributed by atoms with E-state index in [1.165, 1.54) is 0 Å². The molecule has 3 aromatic carbocycles. The summed E-state index contributed by atoms with van der Waals surface area (Å²) in [5.74, 6) is 1.34. The normalized spacial score (nSPS) is 11.5. The Morgan fingerprint density at radius 1 is 0.758 bits per heavy atom. The molecule has 1 aromatic heterocycles. The van der Waals surface area contributed by atoms with Crippen molar-refractivity contribution in [2.24, 2.45) is 10.2 Å². The minimum atomic E-state index is -0.100. The average molecular weight is 455 g/mol. The van der Waals surface area contributed by atoms with Gasteiger partial charge < -0.3 is 9.47 Å². The first-order chi connectivity index (χ1) is 16.2. The first kappa shape index (κ1) is 22.2. The number of ether oxygens (including phenoxy) is 2. The summed E-state index contributed by atoms with van der Waals surface area (Å²) in [5.41, 5.74) is 3.24. The summed E-state index contributed by atoms with van der Waals surface area (Å²) in [5, 5.41) is 10.8. The molecule has 0 amide bonds. The quantitative estimate of drug-likeness (QED) is 0.190. The fourth-order valence-corrected chi connectivity index (χ4v) is 3.89. The molecule has 6 heteroatoms. The van der Waals surface area contributed by atoms with Crippen LogP contribution in [0.3, 0.4) is 0 Å². The van der Waals surface area contributed by atoms with E-state index in [9.17, 15) is 4.79 Å². The smallest absolute Gasteiger partial charge is 0.193 e. The van der Waals surface area contributed by atoms with Gasteiger partial charge in [-0.15, -0.1) is 16.4 Å².